The summed E-state index contributed by atoms with van der Waals surface area (Å²) in [6.45, 7) is 0. The maximum absolute atomic E-state index is 10.8. The molecule has 4 rings (SSSR count). The molecule has 1 atom stereocenters. The molecule has 5 nitrogen and oxygen atoms in total. The van der Waals surface area contributed by atoms with Crippen molar-refractivity contribution in [1.29, 1.82) is 0 Å². The molecule has 0 spiro atoms. The Balaban J connectivity index is 0.000000260. The van der Waals surface area contributed by atoms with Crippen LogP contribution in [0.15, 0.2) is 24.7 Å². The van der Waals surface area contributed by atoms with Crippen LogP contribution in [0.3, 0.4) is 0 Å². The van der Waals surface area contributed by atoms with E-state index in [1.54, 1.807) is 0 Å². The fourth-order valence-electron chi connectivity index (χ4n) is 3.65. The second kappa shape index (κ2) is 7.88. The van der Waals surface area contributed by atoms with Crippen molar-refractivity contribution in [2.24, 2.45) is 5.92 Å². The van der Waals surface area contributed by atoms with Crippen molar-refractivity contribution in [3.8, 4) is 0 Å². The molecule has 148 valence electrons. The highest BCUT2D eigenvalue weighted by atomic mass is 19.4. The second-order valence-electron chi connectivity index (χ2n) is 7.32. The number of alkyl halides is 3. The largest absolute Gasteiger partial charge is 0.490 e. The molecule has 0 aromatic carbocycles. The van der Waals surface area contributed by atoms with E-state index in [4.69, 9.17) is 9.90 Å². The minimum Gasteiger partial charge on any atom is -0.475 e. The molecule has 2 heterocycles. The lowest BCUT2D eigenvalue weighted by atomic mass is 9.83. The minimum atomic E-state index is -5.08. The highest BCUT2D eigenvalue weighted by Gasteiger charge is 2.38. The van der Waals surface area contributed by atoms with Gasteiger partial charge in [0.15, 0.2) is 0 Å². The van der Waals surface area contributed by atoms with Gasteiger partial charge >= 0.3 is 12.1 Å². The minimum absolute atomic E-state index is 0.342. The molecule has 0 radical (unpaired) electrons. The lowest BCUT2D eigenvalue weighted by Gasteiger charge is -2.27. The number of carboxylic acids is 1. The summed E-state index contributed by atoms with van der Waals surface area (Å²) in [5.41, 5.74) is 3.57. The summed E-state index contributed by atoms with van der Waals surface area (Å²) in [6.07, 6.45) is 7.07. The van der Waals surface area contributed by atoms with Gasteiger partial charge in [0.1, 0.15) is 0 Å². The normalized spacial score (nSPS) is 19.4. The molecule has 2 aliphatic rings. The third-order valence-electron chi connectivity index (χ3n) is 5.27. The number of carbonyl (C=O) groups is 1. The first-order chi connectivity index (χ1) is 12.8. The SMILES string of the molecule is O=C(O)C(F)(F)F.OC(c1cc(C2CC2)cc2cncn12)C1CCCCC1. The van der Waals surface area contributed by atoms with Crippen molar-refractivity contribution < 1.29 is 28.2 Å². The maximum Gasteiger partial charge on any atom is 0.490 e. The number of carboxylic acid groups (broad SMARTS) is 1. The van der Waals surface area contributed by atoms with Crippen LogP contribution in [-0.4, -0.2) is 31.7 Å². The smallest absolute Gasteiger partial charge is 0.475 e. The number of halogens is 3. The number of aromatic nitrogens is 2. The average molecular weight is 384 g/mol. The molecule has 2 aromatic rings. The number of aliphatic carboxylic acids is 1. The summed E-state index contributed by atoms with van der Waals surface area (Å²) < 4.78 is 33.8. The van der Waals surface area contributed by atoms with Gasteiger partial charge in [-0.1, -0.05) is 19.3 Å². The van der Waals surface area contributed by atoms with Crippen LogP contribution in [0.1, 0.15) is 68.2 Å². The topological polar surface area (TPSA) is 74.8 Å². The van der Waals surface area contributed by atoms with E-state index in [0.717, 1.165) is 24.1 Å². The van der Waals surface area contributed by atoms with Crippen molar-refractivity contribution in [2.75, 3.05) is 0 Å². The van der Waals surface area contributed by atoms with Gasteiger partial charge in [0.25, 0.3) is 0 Å². The highest BCUT2D eigenvalue weighted by molar-refractivity contribution is 5.73. The zero-order chi connectivity index (χ0) is 19.6. The zero-order valence-electron chi connectivity index (χ0n) is 14.8. The Kier molecular flexibility index (Phi) is 5.74. The number of imidazole rings is 1. The monoisotopic (exact) mass is 384 g/mol. The van der Waals surface area contributed by atoms with Gasteiger partial charge in [0.05, 0.1) is 29.8 Å². The lowest BCUT2D eigenvalue weighted by molar-refractivity contribution is -0.192. The van der Waals surface area contributed by atoms with Gasteiger partial charge in [0.2, 0.25) is 0 Å². The standard InChI is InChI=1S/C17H22N2O.C2HF3O2/c20-17(13-4-2-1-3-5-13)16-9-14(12-6-7-12)8-15-10-18-11-19(15)16;3-2(4,5)1(6)7/h8-13,17,20H,1-7H2;(H,6,7). The molecule has 0 bridgehead atoms. The number of fused-ring (bicyclic) bond motifs is 1. The van der Waals surface area contributed by atoms with Crippen LogP contribution in [0, 0.1) is 5.92 Å². The molecular weight excluding hydrogens is 361 g/mol. The molecule has 2 N–H and O–H groups in total. The maximum atomic E-state index is 10.8. The molecule has 0 saturated heterocycles. The van der Waals surface area contributed by atoms with Gasteiger partial charge in [-0.2, -0.15) is 13.2 Å². The van der Waals surface area contributed by atoms with E-state index in [0.29, 0.717) is 11.8 Å². The number of aliphatic hydroxyl groups is 1. The van der Waals surface area contributed by atoms with Crippen LogP contribution in [0.4, 0.5) is 13.2 Å². The highest BCUT2D eigenvalue weighted by Crippen LogP contribution is 2.42. The first kappa shape index (κ1) is 19.7. The van der Waals surface area contributed by atoms with Crippen LogP contribution < -0.4 is 0 Å². The Bertz CT molecular complexity index is 793. The Morgan fingerprint density at radius 1 is 1.15 bits per heavy atom. The summed E-state index contributed by atoms with van der Waals surface area (Å²) in [4.78, 5) is 13.2. The quantitative estimate of drug-likeness (QED) is 0.819. The summed E-state index contributed by atoms with van der Waals surface area (Å²) in [6, 6.07) is 4.47. The lowest BCUT2D eigenvalue weighted by Crippen LogP contribution is -2.21. The van der Waals surface area contributed by atoms with E-state index >= 15 is 0 Å². The van der Waals surface area contributed by atoms with Crippen molar-refractivity contribution >= 4 is 11.5 Å². The number of rotatable bonds is 3. The molecule has 27 heavy (non-hydrogen) atoms. The van der Waals surface area contributed by atoms with Crippen LogP contribution >= 0.6 is 0 Å². The number of hydrogen-bond acceptors (Lipinski definition) is 3. The average Bonchev–Trinajstić information content (AvgIpc) is 3.38. The second-order valence-corrected chi connectivity index (χ2v) is 7.32. The molecule has 0 aliphatic heterocycles. The van der Waals surface area contributed by atoms with E-state index in [-0.39, 0.29) is 6.10 Å². The first-order valence-electron chi connectivity index (χ1n) is 9.21. The molecule has 2 saturated carbocycles. The molecule has 2 aromatic heterocycles. The third-order valence-corrected chi connectivity index (χ3v) is 5.27. The summed E-state index contributed by atoms with van der Waals surface area (Å²) in [5, 5.41) is 18.0. The number of hydrogen-bond donors (Lipinski definition) is 2. The van der Waals surface area contributed by atoms with Crippen LogP contribution in [-0.2, 0) is 4.79 Å². The fourth-order valence-corrected chi connectivity index (χ4v) is 3.65. The van der Waals surface area contributed by atoms with Crippen molar-refractivity contribution in [2.45, 2.75) is 63.1 Å². The number of aliphatic hydroxyl groups excluding tert-OH is 1. The molecule has 1 unspecified atom stereocenters. The van der Waals surface area contributed by atoms with Crippen LogP contribution in [0.5, 0.6) is 0 Å². The van der Waals surface area contributed by atoms with E-state index in [2.05, 4.69) is 21.5 Å². The van der Waals surface area contributed by atoms with Gasteiger partial charge in [-0.25, -0.2) is 9.78 Å². The number of pyridine rings is 1. The number of nitrogens with zero attached hydrogens (tertiary/aromatic N) is 2. The Hall–Kier alpha value is -2.09. The molecule has 2 aliphatic carbocycles. The molecule has 8 heteroatoms. The summed E-state index contributed by atoms with van der Waals surface area (Å²) >= 11 is 0. The summed E-state index contributed by atoms with van der Waals surface area (Å²) in [5.74, 6) is -1.62. The summed E-state index contributed by atoms with van der Waals surface area (Å²) in [7, 11) is 0. The van der Waals surface area contributed by atoms with E-state index in [9.17, 15) is 18.3 Å². The zero-order valence-corrected chi connectivity index (χ0v) is 14.8. The predicted molar refractivity (Wildman–Crippen MR) is 92.4 cm³/mol. The fraction of sp³-hybridized carbons (Fsp3) is 0.579. The molecule has 2 fully saturated rings. The Labute approximate surface area is 154 Å². The van der Waals surface area contributed by atoms with Gasteiger partial charge in [-0.3, -0.25) is 0 Å². The van der Waals surface area contributed by atoms with Crippen LogP contribution in [0.2, 0.25) is 0 Å². The van der Waals surface area contributed by atoms with E-state index in [1.165, 1.54) is 37.7 Å². The van der Waals surface area contributed by atoms with Gasteiger partial charge in [-0.05, 0) is 55.2 Å². The van der Waals surface area contributed by atoms with Gasteiger partial charge in [-0.15, -0.1) is 0 Å². The Morgan fingerprint density at radius 2 is 1.78 bits per heavy atom. The molecule has 0 amide bonds. The van der Waals surface area contributed by atoms with Gasteiger partial charge in [0, 0.05) is 0 Å². The van der Waals surface area contributed by atoms with Crippen molar-refractivity contribution in [3.63, 3.8) is 0 Å². The van der Waals surface area contributed by atoms with Crippen molar-refractivity contribution in [1.82, 2.24) is 9.38 Å². The predicted octanol–water partition coefficient (Wildman–Crippen LogP) is 4.46. The Morgan fingerprint density at radius 3 is 2.33 bits per heavy atom. The van der Waals surface area contributed by atoms with Crippen molar-refractivity contribution in [3.05, 3.63) is 35.9 Å². The van der Waals surface area contributed by atoms with Crippen LogP contribution in [0.25, 0.3) is 5.52 Å². The first-order valence-corrected chi connectivity index (χ1v) is 9.21. The van der Waals surface area contributed by atoms with Gasteiger partial charge < -0.3 is 14.6 Å². The third kappa shape index (κ3) is 4.80. The molecular formula is C19H23F3N2O3. The van der Waals surface area contributed by atoms with E-state index in [1.807, 2.05) is 12.5 Å². The van der Waals surface area contributed by atoms with E-state index < -0.39 is 12.1 Å².